The summed E-state index contributed by atoms with van der Waals surface area (Å²) >= 11 is 5.11. The Morgan fingerprint density at radius 3 is 2.91 bits per heavy atom. The van der Waals surface area contributed by atoms with E-state index in [1.165, 1.54) is 6.07 Å². The average Bonchev–Trinajstić information content (AvgIpc) is 2.53. The van der Waals surface area contributed by atoms with E-state index in [0.29, 0.717) is 18.1 Å². The van der Waals surface area contributed by atoms with Gasteiger partial charge in [-0.1, -0.05) is 12.1 Å². The maximum atomic E-state index is 11.1. The van der Waals surface area contributed by atoms with Crippen LogP contribution in [-0.4, -0.2) is 11.7 Å². The number of non-ortho nitro benzene ring substituents is 1. The summed E-state index contributed by atoms with van der Waals surface area (Å²) in [7, 11) is 0. The van der Waals surface area contributed by atoms with Gasteiger partial charge in [-0.2, -0.15) is 0 Å². The Hall–Kier alpha value is -1.57. The summed E-state index contributed by atoms with van der Waals surface area (Å²) in [6.45, 7) is 0.515. The molecule has 0 saturated heterocycles. The van der Waals surface area contributed by atoms with Gasteiger partial charge in [0, 0.05) is 38.4 Å². The van der Waals surface area contributed by atoms with Crippen molar-refractivity contribution in [3.8, 4) is 5.75 Å². The van der Waals surface area contributed by atoms with Gasteiger partial charge in [0.05, 0.1) is 11.5 Å². The van der Waals surface area contributed by atoms with Crippen LogP contribution in [0.1, 0.15) is 11.1 Å². The van der Waals surface area contributed by atoms with E-state index >= 15 is 0 Å². The van der Waals surface area contributed by atoms with Gasteiger partial charge in [-0.15, -0.1) is 11.8 Å². The minimum absolute atomic E-state index is 0.0653. The molecule has 0 aliphatic carbocycles. The summed E-state index contributed by atoms with van der Waals surface area (Å²) in [4.78, 5) is 11.8. The molecule has 0 spiro atoms. The Labute approximate surface area is 139 Å². The number of nitrogens with zero attached hydrogens (tertiary/aromatic N) is 1. The molecule has 0 saturated carbocycles. The van der Waals surface area contributed by atoms with Gasteiger partial charge in [0.25, 0.3) is 5.69 Å². The molecule has 0 bridgehead atoms. The molecule has 0 fully saturated rings. The zero-order chi connectivity index (χ0) is 15.5. The molecule has 0 radical (unpaired) electrons. The monoisotopic (exact) mass is 381 g/mol. The third-order valence-corrected chi connectivity index (χ3v) is 5.28. The molecular formula is C15H12BrNO4S. The van der Waals surface area contributed by atoms with E-state index in [1.54, 1.807) is 17.8 Å². The van der Waals surface area contributed by atoms with Gasteiger partial charge in [-0.25, -0.2) is 0 Å². The van der Waals surface area contributed by atoms with Crippen LogP contribution >= 0.6 is 27.7 Å². The molecule has 0 unspecified atom stereocenters. The molecule has 1 aliphatic rings. The van der Waals surface area contributed by atoms with Crippen molar-refractivity contribution < 1.29 is 14.4 Å². The second-order valence-corrected chi connectivity index (χ2v) is 6.55. The van der Waals surface area contributed by atoms with E-state index in [1.807, 2.05) is 24.3 Å². The van der Waals surface area contributed by atoms with Crippen molar-refractivity contribution in [1.29, 1.82) is 0 Å². The van der Waals surface area contributed by atoms with Crippen LogP contribution in [-0.2, 0) is 17.1 Å². The summed E-state index contributed by atoms with van der Waals surface area (Å²) < 4.78 is 11.7. The van der Waals surface area contributed by atoms with Crippen LogP contribution in [0.4, 0.5) is 5.69 Å². The number of rotatable bonds is 4. The zero-order valence-electron chi connectivity index (χ0n) is 11.5. The topological polar surface area (TPSA) is 61.6 Å². The predicted octanol–water partition coefficient (Wildman–Crippen LogP) is 4.52. The first-order chi connectivity index (χ1) is 10.6. The average molecular weight is 382 g/mol. The van der Waals surface area contributed by atoms with Crippen LogP contribution in [0.15, 0.2) is 45.8 Å². The van der Waals surface area contributed by atoms with Crippen molar-refractivity contribution in [2.45, 2.75) is 17.3 Å². The molecule has 114 valence electrons. The first kappa shape index (κ1) is 15.3. The number of thioether (sulfide) groups is 1. The summed E-state index contributed by atoms with van der Waals surface area (Å²) in [6.07, 6.45) is 0. The SMILES string of the molecule is O=[N+]([O-])c1cc2c(c(CSc3ccccc3Br)c1)OCOC2. The van der Waals surface area contributed by atoms with E-state index in [9.17, 15) is 10.1 Å². The molecule has 7 heteroatoms. The highest BCUT2D eigenvalue weighted by Gasteiger charge is 2.21. The van der Waals surface area contributed by atoms with Crippen molar-refractivity contribution in [3.63, 3.8) is 0 Å². The standard InChI is InChI=1S/C15H12BrNO4S/c16-13-3-1-2-4-14(13)22-8-11-6-12(17(18)19)5-10-7-20-9-21-15(10)11/h1-6H,7-9H2. The Morgan fingerprint density at radius 2 is 2.14 bits per heavy atom. The van der Waals surface area contributed by atoms with Crippen molar-refractivity contribution in [2.24, 2.45) is 0 Å². The van der Waals surface area contributed by atoms with E-state index in [2.05, 4.69) is 15.9 Å². The lowest BCUT2D eigenvalue weighted by Crippen LogP contribution is -2.13. The van der Waals surface area contributed by atoms with E-state index < -0.39 is 0 Å². The number of nitro benzene ring substituents is 1. The largest absolute Gasteiger partial charge is 0.467 e. The molecule has 2 aromatic carbocycles. The number of hydrogen-bond donors (Lipinski definition) is 0. The first-order valence-corrected chi connectivity index (χ1v) is 8.31. The zero-order valence-corrected chi connectivity index (χ0v) is 13.9. The van der Waals surface area contributed by atoms with Gasteiger partial charge < -0.3 is 9.47 Å². The molecule has 0 N–H and O–H groups in total. The third kappa shape index (κ3) is 3.26. The minimum Gasteiger partial charge on any atom is -0.467 e. The molecule has 5 nitrogen and oxygen atoms in total. The fraction of sp³-hybridized carbons (Fsp3) is 0.200. The van der Waals surface area contributed by atoms with Crippen LogP contribution < -0.4 is 4.74 Å². The lowest BCUT2D eigenvalue weighted by Gasteiger charge is -2.20. The highest BCUT2D eigenvalue weighted by atomic mass is 79.9. The molecule has 2 aromatic rings. The molecule has 1 aliphatic heterocycles. The Balaban J connectivity index is 1.90. The second kappa shape index (κ2) is 6.68. The van der Waals surface area contributed by atoms with E-state index in [-0.39, 0.29) is 17.4 Å². The highest BCUT2D eigenvalue weighted by molar-refractivity contribution is 9.10. The normalized spacial score (nSPS) is 13.3. The maximum absolute atomic E-state index is 11.1. The van der Waals surface area contributed by atoms with Gasteiger partial charge >= 0.3 is 0 Å². The Morgan fingerprint density at radius 1 is 1.32 bits per heavy atom. The number of nitro groups is 1. The summed E-state index contributed by atoms with van der Waals surface area (Å²) in [5.74, 6) is 1.29. The molecule has 0 atom stereocenters. The van der Waals surface area contributed by atoms with Gasteiger partial charge in [-0.3, -0.25) is 10.1 Å². The smallest absolute Gasteiger partial charge is 0.270 e. The number of benzene rings is 2. The number of halogens is 1. The van der Waals surface area contributed by atoms with Crippen LogP contribution in [0.3, 0.4) is 0 Å². The molecule has 1 heterocycles. The molecule has 0 aromatic heterocycles. The van der Waals surface area contributed by atoms with E-state index in [0.717, 1.165) is 20.5 Å². The number of hydrogen-bond acceptors (Lipinski definition) is 5. The van der Waals surface area contributed by atoms with Crippen LogP contribution in [0.25, 0.3) is 0 Å². The summed E-state index contributed by atoms with van der Waals surface area (Å²) in [6, 6.07) is 11.0. The minimum atomic E-state index is -0.387. The first-order valence-electron chi connectivity index (χ1n) is 6.53. The highest BCUT2D eigenvalue weighted by Crippen LogP contribution is 2.37. The van der Waals surface area contributed by atoms with Gasteiger partial charge in [0.15, 0.2) is 6.79 Å². The van der Waals surface area contributed by atoms with Crippen LogP contribution in [0.5, 0.6) is 5.75 Å². The van der Waals surface area contributed by atoms with Gasteiger partial charge in [-0.05, 0) is 28.1 Å². The predicted molar refractivity (Wildman–Crippen MR) is 87.1 cm³/mol. The Kier molecular flexibility index (Phi) is 4.66. The van der Waals surface area contributed by atoms with Crippen molar-refractivity contribution in [3.05, 3.63) is 62.1 Å². The maximum Gasteiger partial charge on any atom is 0.270 e. The van der Waals surface area contributed by atoms with Gasteiger partial charge in [0.2, 0.25) is 0 Å². The second-order valence-electron chi connectivity index (χ2n) is 4.68. The number of ether oxygens (including phenoxy) is 2. The lowest BCUT2D eigenvalue weighted by atomic mass is 10.1. The van der Waals surface area contributed by atoms with Crippen molar-refractivity contribution >= 4 is 33.4 Å². The Bertz CT molecular complexity index is 723. The fourth-order valence-corrected chi connectivity index (χ4v) is 3.75. The molecule has 22 heavy (non-hydrogen) atoms. The quantitative estimate of drug-likeness (QED) is 0.442. The molecule has 3 rings (SSSR count). The molecular weight excluding hydrogens is 370 g/mol. The van der Waals surface area contributed by atoms with Crippen molar-refractivity contribution in [2.75, 3.05) is 6.79 Å². The molecule has 0 amide bonds. The van der Waals surface area contributed by atoms with E-state index in [4.69, 9.17) is 9.47 Å². The summed E-state index contributed by atoms with van der Waals surface area (Å²) in [5, 5.41) is 11.1. The fourth-order valence-electron chi connectivity index (χ4n) is 2.21. The number of fused-ring (bicyclic) bond motifs is 1. The van der Waals surface area contributed by atoms with Crippen LogP contribution in [0, 0.1) is 10.1 Å². The van der Waals surface area contributed by atoms with Crippen molar-refractivity contribution in [1.82, 2.24) is 0 Å². The van der Waals surface area contributed by atoms with Crippen LogP contribution in [0.2, 0.25) is 0 Å². The third-order valence-electron chi connectivity index (χ3n) is 3.20. The van der Waals surface area contributed by atoms with Gasteiger partial charge in [0.1, 0.15) is 5.75 Å². The lowest BCUT2D eigenvalue weighted by molar-refractivity contribution is -0.385. The summed E-state index contributed by atoms with van der Waals surface area (Å²) in [5.41, 5.74) is 1.60.